The monoisotopic (exact) mass is 357 g/mol. The zero-order valence-corrected chi connectivity index (χ0v) is 15.1. The summed E-state index contributed by atoms with van der Waals surface area (Å²) in [4.78, 5) is 29.3. The highest BCUT2D eigenvalue weighted by molar-refractivity contribution is 5.86. The Hall–Kier alpha value is -1.92. The van der Waals surface area contributed by atoms with Crippen molar-refractivity contribution >= 4 is 11.8 Å². The Kier molecular flexibility index (Phi) is 5.22. The Morgan fingerprint density at radius 1 is 1.12 bits per heavy atom. The van der Waals surface area contributed by atoms with Crippen LogP contribution in [-0.4, -0.2) is 67.0 Å². The molecule has 1 saturated carbocycles. The molecule has 6 nitrogen and oxygen atoms in total. The van der Waals surface area contributed by atoms with Crippen LogP contribution in [0.4, 0.5) is 0 Å². The van der Waals surface area contributed by atoms with Crippen LogP contribution in [0.3, 0.4) is 0 Å². The zero-order chi connectivity index (χ0) is 17.9. The van der Waals surface area contributed by atoms with Crippen molar-refractivity contribution in [3.8, 4) is 0 Å². The molecule has 3 fully saturated rings. The molecule has 2 amide bonds. The largest absolute Gasteiger partial charge is 0.356 e. The maximum atomic E-state index is 13.1. The average Bonchev–Trinajstić information content (AvgIpc) is 2.65. The summed E-state index contributed by atoms with van der Waals surface area (Å²) in [6, 6.07) is 9.19. The van der Waals surface area contributed by atoms with Crippen LogP contribution in [-0.2, 0) is 14.3 Å². The lowest BCUT2D eigenvalue weighted by Crippen LogP contribution is -2.57. The fraction of sp³-hybridized carbons (Fsp3) is 0.600. The molecule has 2 heterocycles. The first kappa shape index (κ1) is 17.5. The smallest absolute Gasteiger partial charge is 0.254 e. The number of amides is 2. The molecule has 0 spiro atoms. The minimum absolute atomic E-state index is 0.0119. The molecule has 1 aliphatic carbocycles. The van der Waals surface area contributed by atoms with Crippen LogP contribution < -0.4 is 5.32 Å². The molecular formula is C20H27N3O3. The van der Waals surface area contributed by atoms with Crippen LogP contribution in [0, 0.1) is 5.92 Å². The first-order valence-corrected chi connectivity index (χ1v) is 9.68. The van der Waals surface area contributed by atoms with E-state index in [4.69, 9.17) is 4.74 Å². The van der Waals surface area contributed by atoms with Gasteiger partial charge in [0.2, 0.25) is 5.91 Å². The standard InChI is InChI=1S/C20H27N3O3/c24-17-14-26-19(18(21-17)16-7-2-1-3-8-16)20(25)23-11-9-22(10-12-23)13-15-5-4-6-15/h1-3,7-8,15,18-19H,4-6,9-14H2,(H,21,24)/t18-,19+/m1/s1. The molecule has 140 valence electrons. The average molecular weight is 357 g/mol. The lowest BCUT2D eigenvalue weighted by molar-refractivity contribution is -0.156. The normalized spacial score (nSPS) is 27.7. The third-order valence-corrected chi connectivity index (χ3v) is 5.84. The number of nitrogens with zero attached hydrogens (tertiary/aromatic N) is 2. The Morgan fingerprint density at radius 2 is 1.85 bits per heavy atom. The van der Waals surface area contributed by atoms with Gasteiger partial charge in [0.05, 0.1) is 6.04 Å². The highest BCUT2D eigenvalue weighted by Crippen LogP contribution is 2.28. The highest BCUT2D eigenvalue weighted by Gasteiger charge is 2.39. The maximum absolute atomic E-state index is 13.1. The maximum Gasteiger partial charge on any atom is 0.254 e. The lowest BCUT2D eigenvalue weighted by atomic mass is 9.85. The summed E-state index contributed by atoms with van der Waals surface area (Å²) in [5.41, 5.74) is 0.905. The highest BCUT2D eigenvalue weighted by atomic mass is 16.5. The number of ether oxygens (including phenoxy) is 1. The molecular weight excluding hydrogens is 330 g/mol. The first-order valence-electron chi connectivity index (χ1n) is 9.68. The van der Waals surface area contributed by atoms with Gasteiger partial charge in [0.25, 0.3) is 5.91 Å². The van der Waals surface area contributed by atoms with Crippen molar-refractivity contribution in [3.63, 3.8) is 0 Å². The number of carbonyl (C=O) groups excluding carboxylic acids is 2. The van der Waals surface area contributed by atoms with Crippen molar-refractivity contribution in [2.75, 3.05) is 39.3 Å². The summed E-state index contributed by atoms with van der Waals surface area (Å²) in [5, 5.41) is 2.93. The van der Waals surface area contributed by atoms with Gasteiger partial charge in [-0.15, -0.1) is 0 Å². The van der Waals surface area contributed by atoms with Crippen LogP contribution in [0.2, 0.25) is 0 Å². The summed E-state index contributed by atoms with van der Waals surface area (Å²) in [6.07, 6.45) is 3.43. The number of nitrogens with one attached hydrogen (secondary N) is 1. The van der Waals surface area contributed by atoms with Crippen molar-refractivity contribution in [3.05, 3.63) is 35.9 Å². The minimum atomic E-state index is -0.645. The van der Waals surface area contributed by atoms with E-state index < -0.39 is 12.1 Å². The van der Waals surface area contributed by atoms with Gasteiger partial charge in [-0.25, -0.2) is 0 Å². The van der Waals surface area contributed by atoms with E-state index in [0.29, 0.717) is 0 Å². The van der Waals surface area contributed by atoms with E-state index in [9.17, 15) is 9.59 Å². The molecule has 2 atom stereocenters. The Labute approximate surface area is 154 Å². The number of morpholine rings is 1. The summed E-state index contributed by atoms with van der Waals surface area (Å²) < 4.78 is 5.67. The predicted octanol–water partition coefficient (Wildman–Crippen LogP) is 1.19. The molecule has 1 aromatic carbocycles. The minimum Gasteiger partial charge on any atom is -0.356 e. The molecule has 1 N–H and O–H groups in total. The van der Waals surface area contributed by atoms with Crippen molar-refractivity contribution in [2.45, 2.75) is 31.4 Å². The van der Waals surface area contributed by atoms with Gasteiger partial charge >= 0.3 is 0 Å². The van der Waals surface area contributed by atoms with Crippen LogP contribution in [0.25, 0.3) is 0 Å². The summed E-state index contributed by atoms with van der Waals surface area (Å²) in [5.74, 6) is 0.673. The van der Waals surface area contributed by atoms with Crippen molar-refractivity contribution in [1.29, 1.82) is 0 Å². The summed E-state index contributed by atoms with van der Waals surface area (Å²) >= 11 is 0. The molecule has 4 rings (SSSR count). The van der Waals surface area contributed by atoms with Gasteiger partial charge in [-0.3, -0.25) is 14.5 Å². The number of hydrogen-bond acceptors (Lipinski definition) is 4. The van der Waals surface area contributed by atoms with Gasteiger partial charge in [0.15, 0.2) is 6.10 Å². The van der Waals surface area contributed by atoms with Gasteiger partial charge in [-0.1, -0.05) is 36.8 Å². The summed E-state index contributed by atoms with van der Waals surface area (Å²) in [7, 11) is 0. The number of piperazine rings is 1. The van der Waals surface area contributed by atoms with E-state index in [1.54, 1.807) is 0 Å². The van der Waals surface area contributed by atoms with Gasteiger partial charge in [0.1, 0.15) is 6.61 Å². The second-order valence-corrected chi connectivity index (χ2v) is 7.61. The van der Waals surface area contributed by atoms with E-state index in [1.165, 1.54) is 25.8 Å². The predicted molar refractivity (Wildman–Crippen MR) is 97.4 cm³/mol. The number of benzene rings is 1. The third-order valence-electron chi connectivity index (χ3n) is 5.84. The molecule has 26 heavy (non-hydrogen) atoms. The van der Waals surface area contributed by atoms with Crippen molar-refractivity contribution < 1.29 is 14.3 Å². The Balaban J connectivity index is 1.39. The first-order chi connectivity index (χ1) is 12.7. The number of carbonyl (C=O) groups is 2. The van der Waals surface area contributed by atoms with Gasteiger partial charge < -0.3 is 15.0 Å². The molecule has 0 radical (unpaired) electrons. The van der Waals surface area contributed by atoms with E-state index >= 15 is 0 Å². The van der Waals surface area contributed by atoms with Crippen molar-refractivity contribution in [1.82, 2.24) is 15.1 Å². The molecule has 2 aliphatic heterocycles. The molecule has 0 bridgehead atoms. The van der Waals surface area contributed by atoms with Crippen LogP contribution in [0.5, 0.6) is 0 Å². The number of rotatable bonds is 4. The molecule has 3 aliphatic rings. The lowest BCUT2D eigenvalue weighted by Gasteiger charge is -2.41. The van der Waals surface area contributed by atoms with Crippen LogP contribution in [0.1, 0.15) is 30.9 Å². The quantitative estimate of drug-likeness (QED) is 0.879. The van der Waals surface area contributed by atoms with Gasteiger partial charge in [0, 0.05) is 32.7 Å². The SMILES string of the molecule is O=C1CO[C@H](C(=O)N2CCN(CC3CCC3)CC2)[C@@H](c2ccccc2)N1. The molecule has 0 aromatic heterocycles. The summed E-state index contributed by atoms with van der Waals surface area (Å²) in [6.45, 7) is 4.45. The third kappa shape index (κ3) is 3.76. The van der Waals surface area contributed by atoms with Gasteiger partial charge in [-0.2, -0.15) is 0 Å². The molecule has 1 aromatic rings. The van der Waals surface area contributed by atoms with E-state index in [2.05, 4.69) is 10.2 Å². The molecule has 6 heteroatoms. The second-order valence-electron chi connectivity index (χ2n) is 7.61. The van der Waals surface area contributed by atoms with E-state index in [0.717, 1.165) is 37.7 Å². The fourth-order valence-electron chi connectivity index (χ4n) is 4.06. The molecule has 0 unspecified atom stereocenters. The van der Waals surface area contributed by atoms with E-state index in [-0.39, 0.29) is 18.4 Å². The van der Waals surface area contributed by atoms with Crippen molar-refractivity contribution in [2.24, 2.45) is 5.92 Å². The molecule has 2 saturated heterocycles. The second kappa shape index (κ2) is 7.76. The van der Waals surface area contributed by atoms with Crippen LogP contribution in [0.15, 0.2) is 30.3 Å². The number of hydrogen-bond donors (Lipinski definition) is 1. The van der Waals surface area contributed by atoms with Crippen LogP contribution >= 0.6 is 0 Å². The topological polar surface area (TPSA) is 61.9 Å². The zero-order valence-electron chi connectivity index (χ0n) is 15.1. The Bertz CT molecular complexity index is 639. The fourth-order valence-corrected chi connectivity index (χ4v) is 4.06. The Morgan fingerprint density at radius 3 is 2.50 bits per heavy atom. The van der Waals surface area contributed by atoms with E-state index in [1.807, 2.05) is 35.2 Å². The van der Waals surface area contributed by atoms with Gasteiger partial charge in [-0.05, 0) is 24.3 Å².